The van der Waals surface area contributed by atoms with Crippen molar-refractivity contribution in [1.82, 2.24) is 9.88 Å². The van der Waals surface area contributed by atoms with Gasteiger partial charge in [-0.15, -0.1) is 11.3 Å². The minimum Gasteiger partial charge on any atom is -0.346 e. The summed E-state index contributed by atoms with van der Waals surface area (Å²) in [5, 5.41) is 6.34. The van der Waals surface area contributed by atoms with Crippen molar-refractivity contribution < 1.29 is 9.18 Å². The third kappa shape index (κ3) is 4.93. The summed E-state index contributed by atoms with van der Waals surface area (Å²) in [6, 6.07) is 13.6. The van der Waals surface area contributed by atoms with Gasteiger partial charge in [0, 0.05) is 37.1 Å². The van der Waals surface area contributed by atoms with E-state index in [-0.39, 0.29) is 11.7 Å². The van der Waals surface area contributed by atoms with Gasteiger partial charge in [-0.3, -0.25) is 9.69 Å². The van der Waals surface area contributed by atoms with E-state index in [2.05, 4.69) is 15.1 Å². The van der Waals surface area contributed by atoms with Crippen LogP contribution in [0.25, 0.3) is 11.3 Å². The van der Waals surface area contributed by atoms with Gasteiger partial charge in [0.15, 0.2) is 5.13 Å². The van der Waals surface area contributed by atoms with E-state index in [1.54, 1.807) is 35.6 Å². The van der Waals surface area contributed by atoms with Gasteiger partial charge in [-0.25, -0.2) is 9.37 Å². The highest BCUT2D eigenvalue weighted by Gasteiger charge is 2.21. The van der Waals surface area contributed by atoms with Crippen molar-refractivity contribution in [2.45, 2.75) is 0 Å². The Hall–Kier alpha value is -2.48. The summed E-state index contributed by atoms with van der Waals surface area (Å²) in [6.45, 7) is 3.49. The van der Waals surface area contributed by atoms with Crippen LogP contribution in [0.4, 0.5) is 15.2 Å². The zero-order chi connectivity index (χ0) is 20.2. The number of aromatic nitrogens is 1. The van der Waals surface area contributed by atoms with Gasteiger partial charge < -0.3 is 10.2 Å². The predicted molar refractivity (Wildman–Crippen MR) is 116 cm³/mol. The molecule has 0 radical (unpaired) electrons. The lowest BCUT2D eigenvalue weighted by molar-refractivity contribution is -0.117. The minimum atomic E-state index is -0.251. The van der Waals surface area contributed by atoms with Gasteiger partial charge in [0.1, 0.15) is 5.82 Å². The van der Waals surface area contributed by atoms with Gasteiger partial charge in [0.25, 0.3) is 0 Å². The number of amides is 1. The number of halogens is 2. The molecule has 0 aliphatic carbocycles. The lowest BCUT2D eigenvalue weighted by atomic mass is 10.2. The Labute approximate surface area is 177 Å². The number of hydrogen-bond acceptors (Lipinski definition) is 5. The molecule has 1 aliphatic rings. The van der Waals surface area contributed by atoms with Crippen LogP contribution in [-0.2, 0) is 4.79 Å². The first kappa shape index (κ1) is 19.8. The van der Waals surface area contributed by atoms with Gasteiger partial charge in [-0.1, -0.05) is 23.7 Å². The molecule has 29 heavy (non-hydrogen) atoms. The SMILES string of the molecule is O=C(CN1CCN(c2nc(-c3ccc(F)cc3)cs2)CC1)Nc1ccccc1Cl. The smallest absolute Gasteiger partial charge is 0.238 e. The van der Waals surface area contributed by atoms with E-state index >= 15 is 0 Å². The van der Waals surface area contributed by atoms with Crippen molar-refractivity contribution in [2.75, 3.05) is 42.9 Å². The van der Waals surface area contributed by atoms with E-state index in [0.717, 1.165) is 42.6 Å². The second-order valence-electron chi connectivity index (χ2n) is 6.81. The molecular formula is C21H20ClFN4OS. The molecule has 4 rings (SSSR count). The number of rotatable bonds is 5. The van der Waals surface area contributed by atoms with Crippen molar-refractivity contribution in [2.24, 2.45) is 0 Å². The molecule has 0 saturated carbocycles. The molecule has 3 aromatic rings. The summed E-state index contributed by atoms with van der Waals surface area (Å²) in [4.78, 5) is 21.3. The molecule has 150 valence electrons. The molecule has 0 atom stereocenters. The number of nitrogens with zero attached hydrogens (tertiary/aromatic N) is 3. The number of carbonyl (C=O) groups is 1. The maximum Gasteiger partial charge on any atom is 0.238 e. The van der Waals surface area contributed by atoms with Crippen LogP contribution in [0.5, 0.6) is 0 Å². The highest BCUT2D eigenvalue weighted by atomic mass is 35.5. The van der Waals surface area contributed by atoms with Crippen LogP contribution in [0.2, 0.25) is 5.02 Å². The Morgan fingerprint density at radius 1 is 1.10 bits per heavy atom. The Bertz CT molecular complexity index is 986. The predicted octanol–water partition coefficient (Wildman–Crippen LogP) is 4.36. The second kappa shape index (κ2) is 8.90. The van der Waals surface area contributed by atoms with E-state index in [4.69, 9.17) is 16.6 Å². The third-order valence-corrected chi connectivity index (χ3v) is 6.02. The summed E-state index contributed by atoms with van der Waals surface area (Å²) in [5.41, 5.74) is 2.39. The van der Waals surface area contributed by atoms with Gasteiger partial charge in [0.2, 0.25) is 5.91 Å². The molecule has 2 aromatic carbocycles. The zero-order valence-electron chi connectivity index (χ0n) is 15.6. The number of hydrogen-bond donors (Lipinski definition) is 1. The lowest BCUT2D eigenvalue weighted by Crippen LogP contribution is -2.48. The fourth-order valence-corrected chi connectivity index (χ4v) is 4.29. The summed E-state index contributed by atoms with van der Waals surface area (Å²) < 4.78 is 13.1. The maximum absolute atomic E-state index is 13.1. The van der Waals surface area contributed by atoms with E-state index in [1.807, 2.05) is 17.5 Å². The average Bonchev–Trinajstić information content (AvgIpc) is 3.21. The zero-order valence-corrected chi connectivity index (χ0v) is 17.2. The molecule has 1 amide bonds. The highest BCUT2D eigenvalue weighted by Crippen LogP contribution is 2.28. The van der Waals surface area contributed by atoms with E-state index < -0.39 is 0 Å². The van der Waals surface area contributed by atoms with Crippen molar-refractivity contribution in [3.05, 3.63) is 64.8 Å². The molecule has 5 nitrogen and oxygen atoms in total. The molecule has 1 aromatic heterocycles. The first-order valence-electron chi connectivity index (χ1n) is 9.31. The van der Waals surface area contributed by atoms with Crippen molar-refractivity contribution in [1.29, 1.82) is 0 Å². The standard InChI is InChI=1S/C21H20ClFN4OS/c22-17-3-1-2-4-18(17)24-20(28)13-26-9-11-27(12-10-26)21-25-19(14-29-21)15-5-7-16(23)8-6-15/h1-8,14H,9-13H2,(H,24,28). The number of piperazine rings is 1. The molecule has 8 heteroatoms. The van der Waals surface area contributed by atoms with Crippen LogP contribution < -0.4 is 10.2 Å². The van der Waals surface area contributed by atoms with Gasteiger partial charge >= 0.3 is 0 Å². The van der Waals surface area contributed by atoms with Crippen LogP contribution in [0.15, 0.2) is 53.9 Å². The first-order valence-corrected chi connectivity index (χ1v) is 10.6. The quantitative estimate of drug-likeness (QED) is 0.653. The lowest BCUT2D eigenvalue weighted by Gasteiger charge is -2.34. The molecule has 1 aliphatic heterocycles. The monoisotopic (exact) mass is 430 g/mol. The van der Waals surface area contributed by atoms with Crippen LogP contribution in [0.1, 0.15) is 0 Å². The summed E-state index contributed by atoms with van der Waals surface area (Å²) in [7, 11) is 0. The topological polar surface area (TPSA) is 48.5 Å². The van der Waals surface area contributed by atoms with Crippen LogP contribution in [0.3, 0.4) is 0 Å². The van der Waals surface area contributed by atoms with Crippen LogP contribution in [0, 0.1) is 5.82 Å². The minimum absolute atomic E-state index is 0.0700. The summed E-state index contributed by atoms with van der Waals surface area (Å²) in [5.74, 6) is -0.321. The fraction of sp³-hybridized carbons (Fsp3) is 0.238. The fourth-order valence-electron chi connectivity index (χ4n) is 3.22. The molecule has 0 spiro atoms. The third-order valence-electron chi connectivity index (χ3n) is 4.79. The van der Waals surface area contributed by atoms with Crippen LogP contribution >= 0.6 is 22.9 Å². The molecule has 1 fully saturated rings. The average molecular weight is 431 g/mol. The normalized spacial score (nSPS) is 14.8. The number of nitrogens with one attached hydrogen (secondary N) is 1. The van der Waals surface area contributed by atoms with Crippen molar-refractivity contribution in [3.63, 3.8) is 0 Å². The molecule has 1 N–H and O–H groups in total. The maximum atomic E-state index is 13.1. The Morgan fingerprint density at radius 3 is 2.55 bits per heavy atom. The molecule has 2 heterocycles. The Balaban J connectivity index is 1.30. The number of para-hydroxylation sites is 1. The van der Waals surface area contributed by atoms with E-state index in [9.17, 15) is 9.18 Å². The summed E-state index contributed by atoms with van der Waals surface area (Å²) in [6.07, 6.45) is 0. The summed E-state index contributed by atoms with van der Waals surface area (Å²) >= 11 is 7.67. The molecule has 0 unspecified atom stereocenters. The molecule has 0 bridgehead atoms. The number of thiazole rings is 1. The second-order valence-corrected chi connectivity index (χ2v) is 8.06. The highest BCUT2D eigenvalue weighted by molar-refractivity contribution is 7.14. The van der Waals surface area contributed by atoms with Crippen molar-refractivity contribution >= 4 is 39.7 Å². The number of anilines is 2. The van der Waals surface area contributed by atoms with Crippen LogP contribution in [-0.4, -0.2) is 48.5 Å². The Morgan fingerprint density at radius 2 is 1.83 bits per heavy atom. The van der Waals surface area contributed by atoms with Gasteiger partial charge in [-0.05, 0) is 36.4 Å². The number of carbonyl (C=O) groups excluding carboxylic acids is 1. The molecule has 1 saturated heterocycles. The van der Waals surface area contributed by atoms with E-state index in [1.165, 1.54) is 12.1 Å². The van der Waals surface area contributed by atoms with Crippen molar-refractivity contribution in [3.8, 4) is 11.3 Å². The van der Waals surface area contributed by atoms with Gasteiger partial charge in [0.05, 0.1) is 22.9 Å². The van der Waals surface area contributed by atoms with Gasteiger partial charge in [-0.2, -0.15) is 0 Å². The largest absolute Gasteiger partial charge is 0.346 e. The molecular weight excluding hydrogens is 411 g/mol. The number of benzene rings is 2. The first-order chi connectivity index (χ1) is 14.1. The Kier molecular flexibility index (Phi) is 6.08. The van der Waals surface area contributed by atoms with E-state index in [0.29, 0.717) is 17.3 Å².